The van der Waals surface area contributed by atoms with Gasteiger partial charge in [-0.05, 0) is 57.0 Å². The molecular weight excluding hydrogens is 266 g/mol. The first kappa shape index (κ1) is 13.5. The zero-order chi connectivity index (χ0) is 14.8. The van der Waals surface area contributed by atoms with Crippen molar-refractivity contribution in [2.24, 2.45) is 5.92 Å². The second-order valence-corrected chi connectivity index (χ2v) is 5.32. The Labute approximate surface area is 123 Å². The van der Waals surface area contributed by atoms with Crippen molar-refractivity contribution in [2.75, 3.05) is 5.32 Å². The Kier molecular flexibility index (Phi) is 3.56. The molecule has 5 heteroatoms. The number of benzene rings is 1. The van der Waals surface area contributed by atoms with E-state index in [9.17, 15) is 4.79 Å². The highest BCUT2D eigenvalue weighted by Gasteiger charge is 2.29. The van der Waals surface area contributed by atoms with Crippen molar-refractivity contribution in [2.45, 2.75) is 26.7 Å². The number of hydrogen-bond donors (Lipinski definition) is 1. The lowest BCUT2D eigenvalue weighted by Gasteiger charge is -2.07. The molecule has 1 N–H and O–H groups in total. The molecule has 1 amide bonds. The van der Waals surface area contributed by atoms with E-state index < -0.39 is 0 Å². The van der Waals surface area contributed by atoms with Crippen molar-refractivity contribution in [1.82, 2.24) is 9.97 Å². The molecule has 1 heterocycles. The van der Waals surface area contributed by atoms with Crippen LogP contribution in [0.5, 0.6) is 11.8 Å². The fourth-order valence-corrected chi connectivity index (χ4v) is 2.04. The minimum atomic E-state index is 0.0984. The number of aromatic nitrogens is 2. The van der Waals surface area contributed by atoms with Gasteiger partial charge in [0, 0.05) is 23.0 Å². The van der Waals surface area contributed by atoms with Gasteiger partial charge in [-0.15, -0.1) is 0 Å². The molecule has 0 aliphatic heterocycles. The predicted octanol–water partition coefficient (Wildman–Crippen LogP) is 3.23. The summed E-state index contributed by atoms with van der Waals surface area (Å²) in [7, 11) is 0. The number of nitrogens with zero attached hydrogens (tertiary/aromatic N) is 2. The number of carbonyl (C=O) groups is 1. The number of carbonyl (C=O) groups excluding carboxylic acids is 1. The van der Waals surface area contributed by atoms with Gasteiger partial charge < -0.3 is 10.1 Å². The Morgan fingerprint density at radius 1 is 1.14 bits per heavy atom. The van der Waals surface area contributed by atoms with E-state index in [1.807, 2.05) is 32.0 Å². The van der Waals surface area contributed by atoms with Crippen LogP contribution in [-0.2, 0) is 4.79 Å². The van der Waals surface area contributed by atoms with Crippen LogP contribution in [0.15, 0.2) is 30.3 Å². The van der Waals surface area contributed by atoms with E-state index in [2.05, 4.69) is 15.3 Å². The summed E-state index contributed by atoms with van der Waals surface area (Å²) in [6, 6.07) is 9.45. The molecule has 0 saturated heterocycles. The molecule has 5 nitrogen and oxygen atoms in total. The van der Waals surface area contributed by atoms with Crippen LogP contribution < -0.4 is 10.1 Å². The second-order valence-electron chi connectivity index (χ2n) is 5.32. The fourth-order valence-electron chi connectivity index (χ4n) is 2.04. The zero-order valence-corrected chi connectivity index (χ0v) is 12.1. The first-order valence-electron chi connectivity index (χ1n) is 7.01. The van der Waals surface area contributed by atoms with Crippen molar-refractivity contribution in [3.05, 3.63) is 41.7 Å². The van der Waals surface area contributed by atoms with E-state index in [4.69, 9.17) is 4.74 Å². The molecule has 108 valence electrons. The van der Waals surface area contributed by atoms with Gasteiger partial charge in [0.25, 0.3) is 0 Å². The van der Waals surface area contributed by atoms with E-state index >= 15 is 0 Å². The first-order valence-corrected chi connectivity index (χ1v) is 7.01. The van der Waals surface area contributed by atoms with Crippen LogP contribution in [0.1, 0.15) is 24.2 Å². The van der Waals surface area contributed by atoms with Crippen molar-refractivity contribution in [1.29, 1.82) is 0 Å². The molecule has 0 spiro atoms. The minimum absolute atomic E-state index is 0.0984. The van der Waals surface area contributed by atoms with Crippen LogP contribution >= 0.6 is 0 Å². The van der Waals surface area contributed by atoms with Gasteiger partial charge in [0.2, 0.25) is 5.91 Å². The lowest BCUT2D eigenvalue weighted by Crippen LogP contribution is -2.12. The second kappa shape index (κ2) is 5.52. The standard InChI is InChI=1S/C16H17N3O2/c1-10-9-11(2)18-16(17-10)21-14-7-5-13(6-8-14)19-15(20)12-3-4-12/h5-9,12H,3-4H2,1-2H3,(H,19,20). The maximum Gasteiger partial charge on any atom is 0.322 e. The lowest BCUT2D eigenvalue weighted by molar-refractivity contribution is -0.117. The van der Waals surface area contributed by atoms with Crippen LogP contribution in [0.2, 0.25) is 0 Å². The molecule has 1 saturated carbocycles. The van der Waals surface area contributed by atoms with Crippen molar-refractivity contribution >= 4 is 11.6 Å². The Hall–Kier alpha value is -2.43. The van der Waals surface area contributed by atoms with Crippen LogP contribution in [0.25, 0.3) is 0 Å². The third-order valence-electron chi connectivity index (χ3n) is 3.24. The Morgan fingerprint density at radius 2 is 1.76 bits per heavy atom. The predicted molar refractivity (Wildman–Crippen MR) is 79.4 cm³/mol. The fraction of sp³-hybridized carbons (Fsp3) is 0.312. The lowest BCUT2D eigenvalue weighted by atomic mass is 10.3. The van der Waals surface area contributed by atoms with Crippen LogP contribution in [0, 0.1) is 19.8 Å². The zero-order valence-electron chi connectivity index (χ0n) is 12.1. The summed E-state index contributed by atoms with van der Waals surface area (Å²) in [5, 5.41) is 2.89. The molecule has 0 bridgehead atoms. The third-order valence-corrected chi connectivity index (χ3v) is 3.24. The summed E-state index contributed by atoms with van der Waals surface area (Å²) < 4.78 is 5.62. The summed E-state index contributed by atoms with van der Waals surface area (Å²) in [6.45, 7) is 3.80. The average Bonchev–Trinajstić information content (AvgIpc) is 3.24. The molecule has 1 aromatic carbocycles. The molecule has 2 aromatic rings. The van der Waals surface area contributed by atoms with Crippen molar-refractivity contribution in [3.8, 4) is 11.8 Å². The van der Waals surface area contributed by atoms with Gasteiger partial charge in [-0.2, -0.15) is 0 Å². The van der Waals surface area contributed by atoms with E-state index in [1.54, 1.807) is 12.1 Å². The maximum atomic E-state index is 11.7. The van der Waals surface area contributed by atoms with E-state index in [0.717, 1.165) is 29.9 Å². The summed E-state index contributed by atoms with van der Waals surface area (Å²) in [6.07, 6.45) is 1.99. The van der Waals surface area contributed by atoms with Gasteiger partial charge >= 0.3 is 6.01 Å². The number of ether oxygens (including phenoxy) is 1. The molecular formula is C16H17N3O2. The topological polar surface area (TPSA) is 64.1 Å². The molecule has 3 rings (SSSR count). The number of aryl methyl sites for hydroxylation is 2. The van der Waals surface area contributed by atoms with Crippen LogP contribution in [0.3, 0.4) is 0 Å². The monoisotopic (exact) mass is 283 g/mol. The number of nitrogens with one attached hydrogen (secondary N) is 1. The number of amides is 1. The van der Waals surface area contributed by atoms with Gasteiger partial charge in [0.15, 0.2) is 0 Å². The number of anilines is 1. The van der Waals surface area contributed by atoms with Crippen LogP contribution in [-0.4, -0.2) is 15.9 Å². The number of rotatable bonds is 4. The molecule has 1 aliphatic carbocycles. The molecule has 0 unspecified atom stereocenters. The van der Waals surface area contributed by atoms with Crippen molar-refractivity contribution in [3.63, 3.8) is 0 Å². The van der Waals surface area contributed by atoms with Crippen LogP contribution in [0.4, 0.5) is 5.69 Å². The van der Waals surface area contributed by atoms with Gasteiger partial charge in [-0.3, -0.25) is 4.79 Å². The maximum absolute atomic E-state index is 11.7. The summed E-state index contributed by atoms with van der Waals surface area (Å²) in [5.41, 5.74) is 2.51. The highest BCUT2D eigenvalue weighted by molar-refractivity contribution is 5.94. The van der Waals surface area contributed by atoms with E-state index in [1.165, 1.54) is 0 Å². The highest BCUT2D eigenvalue weighted by Crippen LogP contribution is 2.30. The van der Waals surface area contributed by atoms with Gasteiger partial charge in [0.1, 0.15) is 5.75 Å². The molecule has 0 radical (unpaired) electrons. The van der Waals surface area contributed by atoms with Gasteiger partial charge in [-0.25, -0.2) is 9.97 Å². The minimum Gasteiger partial charge on any atom is -0.424 e. The SMILES string of the molecule is Cc1cc(C)nc(Oc2ccc(NC(=O)C3CC3)cc2)n1. The Morgan fingerprint density at radius 3 is 2.33 bits per heavy atom. The molecule has 1 aliphatic rings. The molecule has 21 heavy (non-hydrogen) atoms. The quantitative estimate of drug-likeness (QED) is 0.935. The van der Waals surface area contributed by atoms with Gasteiger partial charge in [0.05, 0.1) is 0 Å². The van der Waals surface area contributed by atoms with Crippen molar-refractivity contribution < 1.29 is 9.53 Å². The van der Waals surface area contributed by atoms with E-state index in [0.29, 0.717) is 11.8 Å². The number of hydrogen-bond acceptors (Lipinski definition) is 4. The summed E-state index contributed by atoms with van der Waals surface area (Å²) in [5.74, 6) is 0.940. The van der Waals surface area contributed by atoms with E-state index in [-0.39, 0.29) is 11.8 Å². The molecule has 1 fully saturated rings. The normalized spacial score (nSPS) is 13.8. The summed E-state index contributed by atoms with van der Waals surface area (Å²) >= 11 is 0. The first-order chi connectivity index (χ1) is 10.1. The highest BCUT2D eigenvalue weighted by atomic mass is 16.5. The summed E-state index contributed by atoms with van der Waals surface area (Å²) in [4.78, 5) is 20.1. The Balaban J connectivity index is 1.67. The van der Waals surface area contributed by atoms with Gasteiger partial charge in [-0.1, -0.05) is 0 Å². The molecule has 0 atom stereocenters. The Bertz CT molecular complexity index is 643. The molecule has 1 aromatic heterocycles. The third kappa shape index (κ3) is 3.56. The average molecular weight is 283 g/mol. The smallest absolute Gasteiger partial charge is 0.322 e. The largest absolute Gasteiger partial charge is 0.424 e.